The topological polar surface area (TPSA) is 12.5 Å². The van der Waals surface area contributed by atoms with Crippen LogP contribution in [0.5, 0.6) is 0 Å². The second-order valence-corrected chi connectivity index (χ2v) is 6.36. The van der Waals surface area contributed by atoms with Crippen molar-refractivity contribution < 1.29 is 4.74 Å². The molecule has 0 radical (unpaired) electrons. The molecule has 0 N–H and O–H groups in total. The van der Waals surface area contributed by atoms with Gasteiger partial charge in [0, 0.05) is 25.8 Å². The summed E-state index contributed by atoms with van der Waals surface area (Å²) in [6.07, 6.45) is 3.94. The minimum atomic E-state index is 0.669. The van der Waals surface area contributed by atoms with Crippen molar-refractivity contribution in [1.29, 1.82) is 0 Å². The third-order valence-corrected chi connectivity index (χ3v) is 4.97. The molecule has 4 atom stereocenters. The maximum Gasteiger partial charge on any atom is 0.0494 e. The van der Waals surface area contributed by atoms with Gasteiger partial charge in [0.15, 0.2) is 0 Å². The van der Waals surface area contributed by atoms with Gasteiger partial charge < -0.3 is 4.74 Å². The van der Waals surface area contributed by atoms with Crippen LogP contribution in [0.15, 0.2) is 0 Å². The zero-order valence-corrected chi connectivity index (χ0v) is 12.7. The fraction of sp³-hybridized carbons (Fsp3) is 1.00. The Morgan fingerprint density at radius 3 is 2.12 bits per heavy atom. The highest BCUT2D eigenvalue weighted by molar-refractivity contribution is 7.77. The second kappa shape index (κ2) is 7.65. The van der Waals surface area contributed by atoms with Crippen molar-refractivity contribution in [2.45, 2.75) is 53.0 Å². The molecule has 4 unspecified atom stereocenters. The maximum atomic E-state index is 5.25. The van der Waals surface area contributed by atoms with Crippen molar-refractivity contribution in [3.63, 3.8) is 0 Å². The number of thiol groups is 1. The highest BCUT2D eigenvalue weighted by Crippen LogP contribution is 2.23. The summed E-state index contributed by atoms with van der Waals surface area (Å²) >= 11 is 4.35. The third kappa shape index (κ3) is 5.19. The highest BCUT2D eigenvalue weighted by Gasteiger charge is 2.21. The fourth-order valence-corrected chi connectivity index (χ4v) is 2.67. The van der Waals surface area contributed by atoms with Crippen LogP contribution in [0, 0.1) is 17.8 Å². The first-order valence-electron chi connectivity index (χ1n) is 7.05. The number of ether oxygens (including phenoxy) is 1. The van der Waals surface area contributed by atoms with Crippen molar-refractivity contribution >= 4 is 12.8 Å². The quantitative estimate of drug-likeness (QED) is 0.667. The van der Waals surface area contributed by atoms with Gasteiger partial charge in [-0.2, -0.15) is 0 Å². The average molecular weight is 259 g/mol. The van der Waals surface area contributed by atoms with E-state index >= 15 is 0 Å². The van der Waals surface area contributed by atoms with E-state index in [2.05, 4.69) is 44.8 Å². The summed E-state index contributed by atoms with van der Waals surface area (Å²) in [5.41, 5.74) is 0. The summed E-state index contributed by atoms with van der Waals surface area (Å²) in [4.78, 5) is 0. The summed E-state index contributed by atoms with van der Waals surface area (Å²) in [6, 6.07) is 0.669. The zero-order chi connectivity index (χ0) is 12.8. The Labute approximate surface area is 113 Å². The van der Waals surface area contributed by atoms with E-state index in [0.29, 0.717) is 6.04 Å². The third-order valence-electron chi connectivity index (χ3n) is 4.41. The predicted octanol–water partition coefficient (Wildman–Crippen LogP) is 3.63. The van der Waals surface area contributed by atoms with Crippen LogP contribution in [0.2, 0.25) is 0 Å². The lowest BCUT2D eigenvalue weighted by atomic mass is 9.92. The largest absolute Gasteiger partial charge is 0.381 e. The Morgan fingerprint density at radius 1 is 1.00 bits per heavy atom. The molecule has 2 saturated heterocycles. The summed E-state index contributed by atoms with van der Waals surface area (Å²) in [6.45, 7) is 12.2. The monoisotopic (exact) mass is 259 g/mol. The standard InChI is InChI=1S/C7H15NS.C7H14O/c1-6-4-3-5-8(9)7(6)2;1-6-3-4-8-5-7(6)2/h6-7,9H,3-5H2,1-2H3;6-7H,3-5H2,1-2H3. The summed E-state index contributed by atoms with van der Waals surface area (Å²) in [5.74, 6) is 2.49. The molecule has 2 rings (SSSR count). The number of piperidine rings is 1. The normalized spacial score (nSPS) is 39.4. The average Bonchev–Trinajstić information content (AvgIpc) is 2.31. The lowest BCUT2D eigenvalue weighted by Crippen LogP contribution is -2.35. The first-order valence-corrected chi connectivity index (χ1v) is 7.45. The van der Waals surface area contributed by atoms with Crippen LogP contribution in [0.1, 0.15) is 47.0 Å². The van der Waals surface area contributed by atoms with E-state index in [9.17, 15) is 0 Å². The molecule has 0 spiro atoms. The Hall–Kier alpha value is 0.270. The van der Waals surface area contributed by atoms with E-state index < -0.39 is 0 Å². The molecule has 0 aromatic rings. The van der Waals surface area contributed by atoms with Crippen molar-refractivity contribution in [2.75, 3.05) is 19.8 Å². The van der Waals surface area contributed by atoms with Crippen LogP contribution in [-0.2, 0) is 4.74 Å². The molecule has 0 aliphatic carbocycles. The smallest absolute Gasteiger partial charge is 0.0494 e. The van der Waals surface area contributed by atoms with Crippen LogP contribution < -0.4 is 0 Å². The second-order valence-electron chi connectivity index (χ2n) is 5.84. The Morgan fingerprint density at radius 2 is 1.71 bits per heavy atom. The van der Waals surface area contributed by atoms with Crippen LogP contribution in [0.25, 0.3) is 0 Å². The van der Waals surface area contributed by atoms with Gasteiger partial charge in [0.05, 0.1) is 0 Å². The Bertz CT molecular complexity index is 192. The van der Waals surface area contributed by atoms with Crippen molar-refractivity contribution in [3.05, 3.63) is 0 Å². The Balaban J connectivity index is 0.000000171. The highest BCUT2D eigenvalue weighted by atomic mass is 32.1. The first-order chi connectivity index (χ1) is 8.02. The van der Waals surface area contributed by atoms with Gasteiger partial charge in [-0.15, -0.1) is 0 Å². The van der Waals surface area contributed by atoms with Gasteiger partial charge in [-0.25, -0.2) is 0 Å². The van der Waals surface area contributed by atoms with Crippen LogP contribution in [0.4, 0.5) is 0 Å². The summed E-state index contributed by atoms with van der Waals surface area (Å²) in [5, 5.41) is 0. The van der Waals surface area contributed by atoms with Crippen LogP contribution in [0.3, 0.4) is 0 Å². The molecular weight excluding hydrogens is 230 g/mol. The lowest BCUT2D eigenvalue weighted by Gasteiger charge is -2.33. The summed E-state index contributed by atoms with van der Waals surface area (Å²) in [7, 11) is 0. The van der Waals surface area contributed by atoms with Crippen LogP contribution in [-0.4, -0.2) is 30.1 Å². The van der Waals surface area contributed by atoms with E-state index in [-0.39, 0.29) is 0 Å². The van der Waals surface area contributed by atoms with E-state index in [1.54, 1.807) is 0 Å². The molecule has 0 saturated carbocycles. The number of nitrogens with zero attached hydrogens (tertiary/aromatic N) is 1. The van der Waals surface area contributed by atoms with Crippen molar-refractivity contribution in [3.8, 4) is 0 Å². The molecule has 3 heteroatoms. The minimum absolute atomic E-state index is 0.669. The van der Waals surface area contributed by atoms with Gasteiger partial charge >= 0.3 is 0 Å². The Kier molecular flexibility index (Phi) is 6.90. The maximum absolute atomic E-state index is 5.25. The molecule has 0 amide bonds. The zero-order valence-electron chi connectivity index (χ0n) is 11.9. The first kappa shape index (κ1) is 15.3. The van der Waals surface area contributed by atoms with E-state index in [1.807, 2.05) is 0 Å². The molecule has 2 heterocycles. The molecule has 0 bridgehead atoms. The lowest BCUT2D eigenvalue weighted by molar-refractivity contribution is 0.0303. The molecule has 2 nitrogen and oxygen atoms in total. The molecule has 17 heavy (non-hydrogen) atoms. The van der Waals surface area contributed by atoms with Gasteiger partial charge in [-0.05, 0) is 43.9 Å². The summed E-state index contributed by atoms with van der Waals surface area (Å²) < 4.78 is 7.40. The molecule has 0 aromatic heterocycles. The van der Waals surface area contributed by atoms with Gasteiger partial charge in [0.2, 0.25) is 0 Å². The van der Waals surface area contributed by atoms with Gasteiger partial charge in [-0.3, -0.25) is 4.31 Å². The van der Waals surface area contributed by atoms with Gasteiger partial charge in [-0.1, -0.05) is 33.6 Å². The molecule has 2 fully saturated rings. The number of hydrogen-bond acceptors (Lipinski definition) is 3. The van der Waals surface area contributed by atoms with E-state index in [4.69, 9.17) is 4.74 Å². The van der Waals surface area contributed by atoms with Gasteiger partial charge in [0.1, 0.15) is 0 Å². The molecule has 2 aliphatic heterocycles. The van der Waals surface area contributed by atoms with Crippen molar-refractivity contribution in [1.82, 2.24) is 4.31 Å². The number of rotatable bonds is 0. The SMILES string of the molecule is CC1CCCN(S)C1C.CC1CCOCC1C. The van der Waals surface area contributed by atoms with Crippen LogP contribution >= 0.6 is 12.8 Å². The van der Waals surface area contributed by atoms with Gasteiger partial charge in [0.25, 0.3) is 0 Å². The molecule has 102 valence electrons. The van der Waals surface area contributed by atoms with Crippen molar-refractivity contribution in [2.24, 2.45) is 17.8 Å². The fourth-order valence-electron chi connectivity index (χ4n) is 2.30. The molecule has 2 aliphatic rings. The predicted molar refractivity (Wildman–Crippen MR) is 77.3 cm³/mol. The molecular formula is C14H29NOS. The minimum Gasteiger partial charge on any atom is -0.381 e. The number of hydrogen-bond donors (Lipinski definition) is 1. The molecule has 0 aromatic carbocycles. The van der Waals surface area contributed by atoms with E-state index in [0.717, 1.165) is 37.5 Å². The van der Waals surface area contributed by atoms with E-state index in [1.165, 1.54) is 19.3 Å².